The summed E-state index contributed by atoms with van der Waals surface area (Å²) in [5.74, 6) is 0. The highest BCUT2D eigenvalue weighted by atomic mass is 79.9. The number of nitrogens with zero attached hydrogens (tertiary/aromatic N) is 2. The van der Waals surface area contributed by atoms with Gasteiger partial charge in [-0.05, 0) is 18.2 Å². The molecule has 82 valence electrons. The Balaban J connectivity index is 2.98. The highest BCUT2D eigenvalue weighted by molar-refractivity contribution is 9.10. The maximum Gasteiger partial charge on any atom is 0.332 e. The molecule has 0 radical (unpaired) electrons. The summed E-state index contributed by atoms with van der Waals surface area (Å²) in [5.41, 5.74) is -0.300. The number of pyridine rings is 1. The summed E-state index contributed by atoms with van der Waals surface area (Å²) in [6.07, 6.45) is 1.23. The molecular weight excluding hydrogens is 276 g/mol. The van der Waals surface area contributed by atoms with E-state index in [0.717, 1.165) is 4.47 Å². The zero-order chi connectivity index (χ0) is 11.9. The van der Waals surface area contributed by atoms with Gasteiger partial charge in [-0.25, -0.2) is 0 Å². The van der Waals surface area contributed by atoms with Gasteiger partial charge in [-0.15, -0.1) is 0 Å². The van der Waals surface area contributed by atoms with Gasteiger partial charge in [0, 0.05) is 11.5 Å². The highest BCUT2D eigenvalue weighted by Gasteiger charge is 2.16. The van der Waals surface area contributed by atoms with E-state index in [0.29, 0.717) is 10.9 Å². The number of rotatable bonds is 1. The third-order valence-corrected chi connectivity index (χ3v) is 2.82. The van der Waals surface area contributed by atoms with Gasteiger partial charge in [0.05, 0.1) is 22.0 Å². The molecule has 5 nitrogen and oxygen atoms in total. The zero-order valence-corrected chi connectivity index (χ0v) is 9.89. The van der Waals surface area contributed by atoms with Crippen LogP contribution in [0.2, 0.25) is 0 Å². The molecule has 0 amide bonds. The first-order chi connectivity index (χ1) is 7.50. The molecule has 1 aromatic heterocycles. The summed E-state index contributed by atoms with van der Waals surface area (Å²) >= 11 is 3.23. The van der Waals surface area contributed by atoms with Crippen LogP contribution in [-0.4, -0.2) is 9.49 Å². The molecule has 0 saturated heterocycles. The molecule has 6 heteroatoms. The van der Waals surface area contributed by atoms with Crippen LogP contribution in [0.5, 0.6) is 0 Å². The molecule has 0 bridgehead atoms. The van der Waals surface area contributed by atoms with Gasteiger partial charge < -0.3 is 4.57 Å². The third kappa shape index (κ3) is 1.61. The summed E-state index contributed by atoms with van der Waals surface area (Å²) in [6, 6.07) is 5.11. The SMILES string of the molecule is Cn1cc([N+](=O)[O-])c(=O)c2cc(Br)ccc21. The minimum Gasteiger partial charge on any atom is -0.344 e. The lowest BCUT2D eigenvalue weighted by atomic mass is 10.2. The molecule has 0 aliphatic rings. The van der Waals surface area contributed by atoms with Crippen molar-refractivity contribution in [3.8, 4) is 0 Å². The van der Waals surface area contributed by atoms with Gasteiger partial charge >= 0.3 is 5.69 Å². The first-order valence-corrected chi connectivity index (χ1v) is 5.23. The van der Waals surface area contributed by atoms with Crippen LogP contribution in [0.4, 0.5) is 5.69 Å². The molecule has 16 heavy (non-hydrogen) atoms. The summed E-state index contributed by atoms with van der Waals surface area (Å²) in [4.78, 5) is 21.8. The Morgan fingerprint density at radius 2 is 2.12 bits per heavy atom. The maximum absolute atomic E-state index is 11.8. The molecule has 1 aromatic carbocycles. The number of benzene rings is 1. The third-order valence-electron chi connectivity index (χ3n) is 2.33. The van der Waals surface area contributed by atoms with E-state index in [4.69, 9.17) is 0 Å². The Morgan fingerprint density at radius 3 is 2.75 bits per heavy atom. The van der Waals surface area contributed by atoms with E-state index in [1.54, 1.807) is 29.8 Å². The second kappa shape index (κ2) is 3.71. The van der Waals surface area contributed by atoms with Crippen LogP contribution in [0.15, 0.2) is 33.7 Å². The molecule has 0 saturated carbocycles. The van der Waals surface area contributed by atoms with Crippen molar-refractivity contribution < 1.29 is 4.92 Å². The molecule has 2 aromatic rings. The monoisotopic (exact) mass is 282 g/mol. The lowest BCUT2D eigenvalue weighted by molar-refractivity contribution is -0.386. The summed E-state index contributed by atoms with van der Waals surface area (Å²) < 4.78 is 2.29. The predicted octanol–water partition coefficient (Wildman–Crippen LogP) is 2.21. The van der Waals surface area contributed by atoms with Crippen molar-refractivity contribution in [3.63, 3.8) is 0 Å². The van der Waals surface area contributed by atoms with Crippen LogP contribution in [0.3, 0.4) is 0 Å². The highest BCUT2D eigenvalue weighted by Crippen LogP contribution is 2.19. The van der Waals surface area contributed by atoms with Crippen molar-refractivity contribution in [2.75, 3.05) is 0 Å². The van der Waals surface area contributed by atoms with Crippen LogP contribution in [0.1, 0.15) is 0 Å². The molecule has 0 unspecified atom stereocenters. The number of aryl methyl sites for hydroxylation is 1. The van der Waals surface area contributed by atoms with E-state index < -0.39 is 16.0 Å². The fraction of sp³-hybridized carbons (Fsp3) is 0.100. The number of hydrogen-bond donors (Lipinski definition) is 0. The van der Waals surface area contributed by atoms with Crippen molar-refractivity contribution in [2.45, 2.75) is 0 Å². The molecule has 0 N–H and O–H groups in total. The van der Waals surface area contributed by atoms with E-state index in [2.05, 4.69) is 15.9 Å². The zero-order valence-electron chi connectivity index (χ0n) is 8.31. The molecule has 0 aliphatic heterocycles. The quantitative estimate of drug-likeness (QED) is 0.595. The molecule has 0 fully saturated rings. The van der Waals surface area contributed by atoms with E-state index in [-0.39, 0.29) is 0 Å². The van der Waals surface area contributed by atoms with Gasteiger partial charge in [-0.3, -0.25) is 14.9 Å². The van der Waals surface area contributed by atoms with Crippen molar-refractivity contribution in [2.24, 2.45) is 7.05 Å². The lowest BCUT2D eigenvalue weighted by Gasteiger charge is -2.04. The van der Waals surface area contributed by atoms with Gasteiger partial charge in [0.25, 0.3) is 5.43 Å². The first kappa shape index (κ1) is 10.8. The summed E-state index contributed by atoms with van der Waals surface area (Å²) in [6.45, 7) is 0. The second-order valence-electron chi connectivity index (χ2n) is 3.37. The van der Waals surface area contributed by atoms with Gasteiger partial charge in [-0.1, -0.05) is 15.9 Å². The van der Waals surface area contributed by atoms with Crippen molar-refractivity contribution in [1.82, 2.24) is 4.57 Å². The Bertz CT molecular complexity index is 648. The van der Waals surface area contributed by atoms with Gasteiger partial charge in [0.2, 0.25) is 0 Å². The Labute approximate surface area is 98.6 Å². The van der Waals surface area contributed by atoms with Crippen LogP contribution in [0.25, 0.3) is 10.9 Å². The summed E-state index contributed by atoms with van der Waals surface area (Å²) in [5, 5.41) is 11.0. The van der Waals surface area contributed by atoms with E-state index >= 15 is 0 Å². The van der Waals surface area contributed by atoms with Crippen molar-refractivity contribution in [3.05, 3.63) is 49.2 Å². The van der Waals surface area contributed by atoms with Crippen LogP contribution < -0.4 is 5.43 Å². The van der Waals surface area contributed by atoms with Gasteiger partial charge in [-0.2, -0.15) is 0 Å². The van der Waals surface area contributed by atoms with Crippen molar-refractivity contribution >= 4 is 32.5 Å². The standard InChI is InChI=1S/C10H7BrN2O3/c1-12-5-9(13(15)16)10(14)7-4-6(11)2-3-8(7)12/h2-5H,1H3. The molecular formula is C10H7BrN2O3. The van der Waals surface area contributed by atoms with Crippen LogP contribution in [0, 0.1) is 10.1 Å². The minimum atomic E-state index is -0.664. The molecule has 2 rings (SSSR count). The molecule has 0 atom stereocenters. The Hall–Kier alpha value is -1.69. The average molecular weight is 283 g/mol. The van der Waals surface area contributed by atoms with E-state index in [9.17, 15) is 14.9 Å². The topological polar surface area (TPSA) is 65.1 Å². The van der Waals surface area contributed by atoms with Crippen LogP contribution in [-0.2, 0) is 7.05 Å². The van der Waals surface area contributed by atoms with Crippen molar-refractivity contribution in [1.29, 1.82) is 0 Å². The molecule has 1 heterocycles. The fourth-order valence-electron chi connectivity index (χ4n) is 1.58. The second-order valence-corrected chi connectivity index (χ2v) is 4.29. The maximum atomic E-state index is 11.8. The summed E-state index contributed by atoms with van der Waals surface area (Å²) in [7, 11) is 1.67. The largest absolute Gasteiger partial charge is 0.344 e. The van der Waals surface area contributed by atoms with Gasteiger partial charge in [0.15, 0.2) is 0 Å². The predicted molar refractivity (Wildman–Crippen MR) is 63.5 cm³/mol. The number of hydrogen-bond acceptors (Lipinski definition) is 3. The smallest absolute Gasteiger partial charge is 0.332 e. The number of nitro groups is 1. The normalized spacial score (nSPS) is 10.6. The average Bonchev–Trinajstić information content (AvgIpc) is 2.22. The Kier molecular flexibility index (Phi) is 2.51. The number of fused-ring (bicyclic) bond motifs is 1. The minimum absolute atomic E-state index is 0.339. The van der Waals surface area contributed by atoms with E-state index in [1.807, 2.05) is 0 Å². The number of aromatic nitrogens is 1. The first-order valence-electron chi connectivity index (χ1n) is 4.44. The lowest BCUT2D eigenvalue weighted by Crippen LogP contribution is -2.12. The van der Waals surface area contributed by atoms with Crippen LogP contribution >= 0.6 is 15.9 Å². The fourth-order valence-corrected chi connectivity index (χ4v) is 1.94. The van der Waals surface area contributed by atoms with E-state index in [1.165, 1.54) is 6.20 Å². The molecule has 0 aliphatic carbocycles. The van der Waals surface area contributed by atoms with Gasteiger partial charge in [0.1, 0.15) is 0 Å². The number of halogens is 1. The Morgan fingerprint density at radius 1 is 1.44 bits per heavy atom. The molecule has 0 spiro atoms.